The molecule has 0 saturated carbocycles. The van der Waals surface area contributed by atoms with E-state index < -0.39 is 0 Å². The van der Waals surface area contributed by atoms with Crippen molar-refractivity contribution < 1.29 is 0 Å². The Balaban J connectivity index is 2.27. The van der Waals surface area contributed by atoms with Crippen LogP contribution in [-0.4, -0.2) is 26.3 Å². The van der Waals surface area contributed by atoms with Gasteiger partial charge in [0, 0.05) is 6.04 Å². The number of aromatic amines is 1. The molecular formula is C8H13N3S2. The number of nitrogens with zero attached hydrogens (tertiary/aromatic N) is 2. The van der Waals surface area contributed by atoms with Crippen LogP contribution in [0.15, 0.2) is 0 Å². The lowest BCUT2D eigenvalue weighted by atomic mass is 10.1. The predicted molar refractivity (Wildman–Crippen MR) is 57.7 cm³/mol. The summed E-state index contributed by atoms with van der Waals surface area (Å²) in [6.45, 7) is 2.01. The topological polar surface area (TPSA) is 33.6 Å². The lowest BCUT2D eigenvalue weighted by molar-refractivity contribution is 0.454. The third-order valence-electron chi connectivity index (χ3n) is 2.44. The van der Waals surface area contributed by atoms with Gasteiger partial charge in [-0.25, -0.2) is 0 Å². The molecule has 0 radical (unpaired) electrons. The maximum absolute atomic E-state index is 5.19. The molecule has 72 valence electrons. The summed E-state index contributed by atoms with van der Waals surface area (Å²) in [5.74, 6) is 3.51. The fourth-order valence-electron chi connectivity index (χ4n) is 1.76. The van der Waals surface area contributed by atoms with Crippen LogP contribution in [0.5, 0.6) is 0 Å². The minimum absolute atomic E-state index is 0.576. The molecule has 0 spiro atoms. The van der Waals surface area contributed by atoms with E-state index in [0.717, 1.165) is 10.6 Å². The van der Waals surface area contributed by atoms with Crippen LogP contribution in [-0.2, 0) is 0 Å². The molecule has 1 aromatic heterocycles. The van der Waals surface area contributed by atoms with Crippen LogP contribution in [0.25, 0.3) is 0 Å². The van der Waals surface area contributed by atoms with Gasteiger partial charge in [0.25, 0.3) is 0 Å². The quantitative estimate of drug-likeness (QED) is 0.730. The second-order valence-corrected chi connectivity index (χ2v) is 4.90. The highest BCUT2D eigenvalue weighted by molar-refractivity contribution is 7.99. The first-order valence-electron chi connectivity index (χ1n) is 4.50. The third kappa shape index (κ3) is 1.81. The van der Waals surface area contributed by atoms with Gasteiger partial charge < -0.3 is 4.57 Å². The summed E-state index contributed by atoms with van der Waals surface area (Å²) in [5.41, 5.74) is 0. The average Bonchev–Trinajstić information content (AvgIpc) is 2.48. The van der Waals surface area contributed by atoms with Crippen LogP contribution in [0, 0.1) is 11.7 Å². The zero-order valence-electron chi connectivity index (χ0n) is 7.62. The fourth-order valence-corrected chi connectivity index (χ4v) is 3.17. The molecule has 3 nitrogen and oxygen atoms in total. The van der Waals surface area contributed by atoms with Gasteiger partial charge in [-0.3, -0.25) is 5.10 Å². The third-order valence-corrected chi connectivity index (χ3v) is 3.77. The second kappa shape index (κ2) is 3.84. The summed E-state index contributed by atoms with van der Waals surface area (Å²) in [4.78, 5) is 0. The van der Waals surface area contributed by atoms with Crippen molar-refractivity contribution in [3.63, 3.8) is 0 Å². The molecule has 1 aliphatic heterocycles. The van der Waals surface area contributed by atoms with Gasteiger partial charge in [-0.15, -0.1) is 0 Å². The molecule has 13 heavy (non-hydrogen) atoms. The first-order valence-corrected chi connectivity index (χ1v) is 6.06. The van der Waals surface area contributed by atoms with Crippen molar-refractivity contribution in [2.45, 2.75) is 25.8 Å². The second-order valence-electron chi connectivity index (χ2n) is 3.29. The Morgan fingerprint density at radius 2 is 2.23 bits per heavy atom. The molecule has 1 N–H and O–H groups in total. The predicted octanol–water partition coefficient (Wildman–Crippen LogP) is 2.32. The average molecular weight is 215 g/mol. The number of rotatable bonds is 1. The van der Waals surface area contributed by atoms with Crippen molar-refractivity contribution in [2.75, 3.05) is 11.5 Å². The molecule has 1 saturated heterocycles. The molecule has 0 aromatic carbocycles. The molecule has 0 unspecified atom stereocenters. The van der Waals surface area contributed by atoms with Crippen LogP contribution in [0.3, 0.4) is 0 Å². The van der Waals surface area contributed by atoms with Gasteiger partial charge in [0.1, 0.15) is 5.82 Å². The molecule has 0 bridgehead atoms. The van der Waals surface area contributed by atoms with Gasteiger partial charge in [0.15, 0.2) is 4.77 Å². The van der Waals surface area contributed by atoms with E-state index in [1.807, 2.05) is 18.7 Å². The minimum Gasteiger partial charge on any atom is -0.301 e. The summed E-state index contributed by atoms with van der Waals surface area (Å²) in [7, 11) is 0. The molecule has 5 heteroatoms. The van der Waals surface area contributed by atoms with E-state index >= 15 is 0 Å². The van der Waals surface area contributed by atoms with E-state index in [1.54, 1.807) is 0 Å². The number of hydrogen-bond acceptors (Lipinski definition) is 3. The molecule has 2 heterocycles. The standard InChI is InChI=1S/C8H13N3S2/c1-6-9-10-8(12)11(6)7-2-4-13-5-3-7/h7H,2-5H2,1H3,(H,10,12). The molecule has 1 fully saturated rings. The highest BCUT2D eigenvalue weighted by Crippen LogP contribution is 2.27. The Kier molecular flexibility index (Phi) is 2.74. The van der Waals surface area contributed by atoms with Gasteiger partial charge >= 0.3 is 0 Å². The molecule has 0 aliphatic carbocycles. The smallest absolute Gasteiger partial charge is 0.195 e. The molecule has 1 aromatic rings. The molecular weight excluding hydrogens is 202 g/mol. The lowest BCUT2D eigenvalue weighted by Gasteiger charge is -2.23. The number of nitrogens with one attached hydrogen (secondary N) is 1. The molecule has 0 amide bonds. The number of thioether (sulfide) groups is 1. The molecule has 2 rings (SSSR count). The van der Waals surface area contributed by atoms with E-state index in [2.05, 4.69) is 14.8 Å². The molecule has 1 aliphatic rings. The van der Waals surface area contributed by atoms with Crippen LogP contribution in [0.1, 0.15) is 24.7 Å². The Bertz CT molecular complexity index is 335. The van der Waals surface area contributed by atoms with Crippen molar-refractivity contribution in [3.05, 3.63) is 10.6 Å². The maximum atomic E-state index is 5.19. The lowest BCUT2D eigenvalue weighted by Crippen LogP contribution is -2.16. The summed E-state index contributed by atoms with van der Waals surface area (Å²) in [6, 6.07) is 0.576. The minimum atomic E-state index is 0.576. The van der Waals surface area contributed by atoms with E-state index in [9.17, 15) is 0 Å². The maximum Gasteiger partial charge on any atom is 0.195 e. The normalized spacial score (nSPS) is 19.2. The van der Waals surface area contributed by atoms with E-state index in [1.165, 1.54) is 24.3 Å². The monoisotopic (exact) mass is 215 g/mol. The fraction of sp³-hybridized carbons (Fsp3) is 0.750. The van der Waals surface area contributed by atoms with Gasteiger partial charge in [0.05, 0.1) is 0 Å². The van der Waals surface area contributed by atoms with E-state index in [-0.39, 0.29) is 0 Å². The molecule has 0 atom stereocenters. The zero-order valence-corrected chi connectivity index (χ0v) is 9.25. The summed E-state index contributed by atoms with van der Waals surface area (Å²) >= 11 is 7.22. The first kappa shape index (κ1) is 9.27. The van der Waals surface area contributed by atoms with Crippen LogP contribution >= 0.6 is 24.0 Å². The van der Waals surface area contributed by atoms with Crippen molar-refractivity contribution in [2.24, 2.45) is 0 Å². The highest BCUT2D eigenvalue weighted by Gasteiger charge is 2.17. The van der Waals surface area contributed by atoms with Crippen molar-refractivity contribution >= 4 is 24.0 Å². The van der Waals surface area contributed by atoms with Crippen LogP contribution in [0.4, 0.5) is 0 Å². The largest absolute Gasteiger partial charge is 0.301 e. The highest BCUT2D eigenvalue weighted by atomic mass is 32.2. The first-order chi connectivity index (χ1) is 6.29. The SMILES string of the molecule is Cc1n[nH]c(=S)n1C1CCSCC1. The summed E-state index contributed by atoms with van der Waals surface area (Å²) < 4.78 is 2.93. The Labute approximate surface area is 86.9 Å². The van der Waals surface area contributed by atoms with Crippen molar-refractivity contribution in [3.8, 4) is 0 Å². The van der Waals surface area contributed by atoms with Gasteiger partial charge in [0.2, 0.25) is 0 Å². The number of H-pyrrole nitrogens is 1. The van der Waals surface area contributed by atoms with Gasteiger partial charge in [-0.05, 0) is 43.5 Å². The Hall–Kier alpha value is -0.290. The number of hydrogen-bond donors (Lipinski definition) is 1. The zero-order chi connectivity index (χ0) is 9.26. The van der Waals surface area contributed by atoms with E-state index in [4.69, 9.17) is 12.2 Å². The Morgan fingerprint density at radius 3 is 2.77 bits per heavy atom. The van der Waals surface area contributed by atoms with Gasteiger partial charge in [-0.2, -0.15) is 16.9 Å². The number of aromatic nitrogens is 3. The van der Waals surface area contributed by atoms with Crippen molar-refractivity contribution in [1.29, 1.82) is 0 Å². The Morgan fingerprint density at radius 1 is 1.54 bits per heavy atom. The van der Waals surface area contributed by atoms with E-state index in [0.29, 0.717) is 6.04 Å². The van der Waals surface area contributed by atoms with Crippen LogP contribution < -0.4 is 0 Å². The summed E-state index contributed by atoms with van der Waals surface area (Å²) in [5, 5.41) is 6.97. The van der Waals surface area contributed by atoms with Crippen molar-refractivity contribution in [1.82, 2.24) is 14.8 Å². The van der Waals surface area contributed by atoms with Gasteiger partial charge in [-0.1, -0.05) is 0 Å². The summed E-state index contributed by atoms with van der Waals surface area (Å²) in [6.07, 6.45) is 2.44. The number of aryl methyl sites for hydroxylation is 1. The van der Waals surface area contributed by atoms with Crippen LogP contribution in [0.2, 0.25) is 0 Å².